The lowest BCUT2D eigenvalue weighted by molar-refractivity contribution is -0.140. The second kappa shape index (κ2) is 15.1. The number of hydrogen-bond donors (Lipinski definition) is 1. The SMILES string of the molecule is CC[C@H](C(=O)NC1CCCCC1)N(Cc1ccc(C)cc1)C(=O)CN(c1ccc(OC)c(OC)c1)S(=O)(=O)c1ccccc1. The average Bonchev–Trinajstić information content (AvgIpc) is 3.04. The zero-order chi connectivity index (χ0) is 31.7. The number of sulfonamides is 1. The highest BCUT2D eigenvalue weighted by atomic mass is 32.2. The van der Waals surface area contributed by atoms with Crippen molar-refractivity contribution in [2.24, 2.45) is 0 Å². The van der Waals surface area contributed by atoms with Crippen molar-refractivity contribution >= 4 is 27.5 Å². The van der Waals surface area contributed by atoms with Crippen LogP contribution in [0, 0.1) is 6.92 Å². The Balaban J connectivity index is 1.73. The number of aryl methyl sites for hydroxylation is 1. The summed E-state index contributed by atoms with van der Waals surface area (Å²) in [5.41, 5.74) is 2.15. The fourth-order valence-electron chi connectivity index (χ4n) is 5.58. The number of hydrogen-bond acceptors (Lipinski definition) is 6. The van der Waals surface area contributed by atoms with E-state index in [9.17, 15) is 18.0 Å². The number of ether oxygens (including phenoxy) is 2. The number of anilines is 1. The van der Waals surface area contributed by atoms with Gasteiger partial charge in [-0.1, -0.05) is 74.2 Å². The normalized spacial score (nSPS) is 14.4. The minimum atomic E-state index is -4.19. The number of carbonyl (C=O) groups excluding carboxylic acids is 2. The largest absolute Gasteiger partial charge is 0.493 e. The topological polar surface area (TPSA) is 105 Å². The van der Waals surface area contributed by atoms with Gasteiger partial charge in [0.1, 0.15) is 12.6 Å². The third-order valence-corrected chi connectivity index (χ3v) is 9.86. The molecule has 0 saturated heterocycles. The van der Waals surface area contributed by atoms with Gasteiger partial charge in [-0.2, -0.15) is 0 Å². The summed E-state index contributed by atoms with van der Waals surface area (Å²) < 4.78 is 40.0. The zero-order valence-corrected chi connectivity index (χ0v) is 26.8. The molecule has 1 aliphatic rings. The Morgan fingerprint density at radius 2 is 1.57 bits per heavy atom. The molecule has 1 atom stereocenters. The van der Waals surface area contributed by atoms with Gasteiger partial charge in [0.15, 0.2) is 11.5 Å². The second-order valence-electron chi connectivity index (χ2n) is 11.1. The van der Waals surface area contributed by atoms with E-state index in [2.05, 4.69) is 5.32 Å². The maximum absolute atomic E-state index is 14.3. The molecule has 0 radical (unpaired) electrons. The molecule has 44 heavy (non-hydrogen) atoms. The van der Waals surface area contributed by atoms with Crippen molar-refractivity contribution in [3.63, 3.8) is 0 Å². The van der Waals surface area contributed by atoms with Gasteiger partial charge in [-0.3, -0.25) is 13.9 Å². The number of methoxy groups -OCH3 is 2. The van der Waals surface area contributed by atoms with Crippen LogP contribution in [0.25, 0.3) is 0 Å². The quantitative estimate of drug-likeness (QED) is 0.272. The van der Waals surface area contributed by atoms with Crippen LogP contribution in [0.5, 0.6) is 11.5 Å². The lowest BCUT2D eigenvalue weighted by Crippen LogP contribution is -2.54. The smallest absolute Gasteiger partial charge is 0.264 e. The van der Waals surface area contributed by atoms with Gasteiger partial charge in [0.2, 0.25) is 11.8 Å². The van der Waals surface area contributed by atoms with Crippen LogP contribution < -0.4 is 19.1 Å². The Morgan fingerprint density at radius 3 is 2.18 bits per heavy atom. The van der Waals surface area contributed by atoms with Crippen LogP contribution in [-0.4, -0.2) is 58.0 Å². The molecule has 1 aliphatic carbocycles. The van der Waals surface area contributed by atoms with E-state index < -0.39 is 28.5 Å². The first-order valence-corrected chi connectivity index (χ1v) is 16.6. The van der Waals surface area contributed by atoms with Crippen LogP contribution in [0.2, 0.25) is 0 Å². The Kier molecular flexibility index (Phi) is 11.3. The molecule has 9 nitrogen and oxygen atoms in total. The van der Waals surface area contributed by atoms with Crippen LogP contribution in [0.15, 0.2) is 77.7 Å². The third-order valence-electron chi connectivity index (χ3n) is 8.08. The molecule has 0 unspecified atom stereocenters. The van der Waals surface area contributed by atoms with Gasteiger partial charge in [0, 0.05) is 18.7 Å². The maximum atomic E-state index is 14.3. The first-order chi connectivity index (χ1) is 21.2. The Labute approximate surface area is 261 Å². The third kappa shape index (κ3) is 7.91. The van der Waals surface area contributed by atoms with Gasteiger partial charge in [-0.05, 0) is 56.0 Å². The first-order valence-electron chi connectivity index (χ1n) is 15.1. The van der Waals surface area contributed by atoms with E-state index >= 15 is 0 Å². The number of amides is 2. The van der Waals surface area contributed by atoms with Crippen molar-refractivity contribution in [1.82, 2.24) is 10.2 Å². The number of nitrogens with zero attached hydrogens (tertiary/aromatic N) is 2. The van der Waals surface area contributed by atoms with Crippen molar-refractivity contribution < 1.29 is 27.5 Å². The molecule has 10 heteroatoms. The summed E-state index contributed by atoms with van der Waals surface area (Å²) in [7, 11) is -1.24. The molecule has 1 fully saturated rings. The van der Waals surface area contributed by atoms with E-state index in [0.29, 0.717) is 17.9 Å². The second-order valence-corrected chi connectivity index (χ2v) is 13.0. The molecule has 236 valence electrons. The molecule has 0 aromatic heterocycles. The fraction of sp³-hybridized carbons (Fsp3) is 0.412. The van der Waals surface area contributed by atoms with Gasteiger partial charge >= 0.3 is 0 Å². The van der Waals surface area contributed by atoms with Gasteiger partial charge in [0.25, 0.3) is 10.0 Å². The van der Waals surface area contributed by atoms with Crippen LogP contribution in [0.3, 0.4) is 0 Å². The minimum absolute atomic E-state index is 0.0368. The lowest BCUT2D eigenvalue weighted by Gasteiger charge is -2.34. The van der Waals surface area contributed by atoms with E-state index in [-0.39, 0.29) is 29.1 Å². The minimum Gasteiger partial charge on any atom is -0.493 e. The van der Waals surface area contributed by atoms with E-state index in [4.69, 9.17) is 9.47 Å². The fourth-order valence-corrected chi connectivity index (χ4v) is 7.01. The molecular weight excluding hydrogens is 578 g/mol. The predicted octanol–water partition coefficient (Wildman–Crippen LogP) is 5.46. The van der Waals surface area contributed by atoms with Gasteiger partial charge < -0.3 is 19.7 Å². The Hall–Kier alpha value is -4.05. The molecule has 3 aromatic carbocycles. The standard InChI is InChI=1S/C34H43N3O6S/c1-5-30(34(39)35-27-12-8-6-9-13-27)36(23-26-18-16-25(2)17-19-26)33(38)24-37(44(40,41)29-14-10-7-11-15-29)28-20-21-31(42-3)32(22-28)43-4/h7,10-11,14-22,27,30H,5-6,8-9,12-13,23-24H2,1-4H3,(H,35,39)/t30-/m1/s1. The van der Waals surface area contributed by atoms with Crippen molar-refractivity contribution in [3.05, 3.63) is 83.9 Å². The highest BCUT2D eigenvalue weighted by molar-refractivity contribution is 7.92. The number of benzene rings is 3. The monoisotopic (exact) mass is 621 g/mol. The molecular formula is C34H43N3O6S. The molecule has 3 aromatic rings. The molecule has 4 rings (SSSR count). The summed E-state index contributed by atoms with van der Waals surface area (Å²) >= 11 is 0. The average molecular weight is 622 g/mol. The van der Waals surface area contributed by atoms with Crippen molar-refractivity contribution in [3.8, 4) is 11.5 Å². The maximum Gasteiger partial charge on any atom is 0.264 e. The molecule has 1 saturated carbocycles. The molecule has 0 spiro atoms. The molecule has 0 heterocycles. The molecule has 0 aliphatic heterocycles. The van der Waals surface area contributed by atoms with E-state index in [1.807, 2.05) is 38.1 Å². The van der Waals surface area contributed by atoms with Gasteiger partial charge in [-0.25, -0.2) is 8.42 Å². The lowest BCUT2D eigenvalue weighted by atomic mass is 9.95. The summed E-state index contributed by atoms with van der Waals surface area (Å²) in [5.74, 6) is 0.0283. The van der Waals surface area contributed by atoms with Crippen LogP contribution >= 0.6 is 0 Å². The highest BCUT2D eigenvalue weighted by Crippen LogP contribution is 2.34. The number of nitrogens with one attached hydrogen (secondary N) is 1. The first kappa shape index (κ1) is 32.9. The summed E-state index contributed by atoms with van der Waals surface area (Å²) in [6.07, 6.45) is 5.48. The van der Waals surface area contributed by atoms with E-state index in [0.717, 1.165) is 47.5 Å². The van der Waals surface area contributed by atoms with Crippen LogP contribution in [-0.2, 0) is 26.2 Å². The predicted molar refractivity (Wildman–Crippen MR) is 171 cm³/mol. The number of rotatable bonds is 13. The zero-order valence-electron chi connectivity index (χ0n) is 26.0. The van der Waals surface area contributed by atoms with Crippen LogP contribution in [0.4, 0.5) is 5.69 Å². The van der Waals surface area contributed by atoms with Crippen LogP contribution in [0.1, 0.15) is 56.6 Å². The van der Waals surface area contributed by atoms with Gasteiger partial charge in [-0.15, -0.1) is 0 Å². The number of carbonyl (C=O) groups is 2. The summed E-state index contributed by atoms with van der Waals surface area (Å²) in [6, 6.07) is 19.7. The van der Waals surface area contributed by atoms with Crippen molar-refractivity contribution in [1.29, 1.82) is 0 Å². The molecule has 1 N–H and O–H groups in total. The summed E-state index contributed by atoms with van der Waals surface area (Å²) in [4.78, 5) is 29.6. The summed E-state index contributed by atoms with van der Waals surface area (Å²) in [5, 5.41) is 3.17. The van der Waals surface area contributed by atoms with E-state index in [1.54, 1.807) is 30.3 Å². The Morgan fingerprint density at radius 1 is 0.909 bits per heavy atom. The van der Waals surface area contributed by atoms with E-state index in [1.165, 1.54) is 37.3 Å². The van der Waals surface area contributed by atoms with Crippen molar-refractivity contribution in [2.75, 3.05) is 25.1 Å². The molecule has 0 bridgehead atoms. The Bertz CT molecular complexity index is 1510. The summed E-state index contributed by atoms with van der Waals surface area (Å²) in [6.45, 7) is 3.48. The van der Waals surface area contributed by atoms with Crippen molar-refractivity contribution in [2.45, 2.75) is 75.9 Å². The molecule has 2 amide bonds. The van der Waals surface area contributed by atoms with Gasteiger partial charge in [0.05, 0.1) is 24.8 Å². The highest BCUT2D eigenvalue weighted by Gasteiger charge is 2.34.